The van der Waals surface area contributed by atoms with Gasteiger partial charge in [-0.15, -0.1) is 22.7 Å². The minimum absolute atomic E-state index is 0.164. The molecule has 2 heterocycles. The van der Waals surface area contributed by atoms with Gasteiger partial charge in [-0.1, -0.05) is 0 Å². The summed E-state index contributed by atoms with van der Waals surface area (Å²) in [5.41, 5.74) is 1.93. The van der Waals surface area contributed by atoms with Crippen LogP contribution in [0.5, 0.6) is 0 Å². The van der Waals surface area contributed by atoms with Gasteiger partial charge >= 0.3 is 0 Å². The highest BCUT2D eigenvalue weighted by Gasteiger charge is 2.26. The van der Waals surface area contributed by atoms with Crippen LogP contribution >= 0.6 is 22.7 Å². The summed E-state index contributed by atoms with van der Waals surface area (Å²) < 4.78 is 0. The van der Waals surface area contributed by atoms with Crippen LogP contribution in [0, 0.1) is 6.92 Å². The van der Waals surface area contributed by atoms with Gasteiger partial charge in [0.2, 0.25) is 5.91 Å². The summed E-state index contributed by atoms with van der Waals surface area (Å²) in [5.74, 6) is 0.456. The van der Waals surface area contributed by atoms with Crippen molar-refractivity contribution in [1.29, 1.82) is 0 Å². The van der Waals surface area contributed by atoms with E-state index in [4.69, 9.17) is 0 Å². The Bertz CT molecular complexity index is 625. The number of aryl methyl sites for hydroxylation is 1. The standard InChI is InChI=1S/C13H13N3OS2/c1-8-14-10(6-18-8)4-5-12(17)16-13-15-11(7-19-13)9-2-3-9/h4-7,9H,2-3H2,1H3,(H,15,16,17)/b5-4+. The molecule has 98 valence electrons. The lowest BCUT2D eigenvalue weighted by atomic mass is 10.3. The van der Waals surface area contributed by atoms with E-state index in [-0.39, 0.29) is 5.91 Å². The van der Waals surface area contributed by atoms with Gasteiger partial charge in [0, 0.05) is 22.8 Å². The van der Waals surface area contributed by atoms with E-state index in [1.54, 1.807) is 17.4 Å². The summed E-state index contributed by atoms with van der Waals surface area (Å²) >= 11 is 3.05. The predicted octanol–water partition coefficient (Wildman–Crippen LogP) is 3.44. The number of thiazole rings is 2. The number of aromatic nitrogens is 2. The molecule has 1 amide bonds. The molecule has 0 spiro atoms. The SMILES string of the molecule is Cc1nc(/C=C/C(=O)Nc2nc(C3CC3)cs2)cs1. The monoisotopic (exact) mass is 291 g/mol. The lowest BCUT2D eigenvalue weighted by molar-refractivity contribution is -0.111. The molecular weight excluding hydrogens is 278 g/mol. The van der Waals surface area contributed by atoms with E-state index in [0.717, 1.165) is 16.4 Å². The van der Waals surface area contributed by atoms with Crippen molar-refractivity contribution in [2.75, 3.05) is 5.32 Å². The highest BCUT2D eigenvalue weighted by molar-refractivity contribution is 7.14. The van der Waals surface area contributed by atoms with Crippen molar-refractivity contribution in [3.8, 4) is 0 Å². The number of hydrogen-bond acceptors (Lipinski definition) is 5. The first kappa shape index (κ1) is 12.5. The number of anilines is 1. The zero-order chi connectivity index (χ0) is 13.2. The van der Waals surface area contributed by atoms with Gasteiger partial charge < -0.3 is 0 Å². The molecule has 0 bridgehead atoms. The number of nitrogens with zero attached hydrogens (tertiary/aromatic N) is 2. The average Bonchev–Trinajstić information content (AvgIpc) is 3.00. The third kappa shape index (κ3) is 3.27. The Kier molecular flexibility index (Phi) is 3.44. The first-order valence-corrected chi connectivity index (χ1v) is 7.83. The van der Waals surface area contributed by atoms with E-state index >= 15 is 0 Å². The maximum Gasteiger partial charge on any atom is 0.250 e. The van der Waals surface area contributed by atoms with Crippen molar-refractivity contribution in [3.05, 3.63) is 33.2 Å². The van der Waals surface area contributed by atoms with Crippen LogP contribution in [0.25, 0.3) is 6.08 Å². The van der Waals surface area contributed by atoms with Crippen LogP contribution < -0.4 is 5.32 Å². The Hall–Kier alpha value is -1.53. The molecule has 0 radical (unpaired) electrons. The molecule has 0 unspecified atom stereocenters. The van der Waals surface area contributed by atoms with Crippen molar-refractivity contribution in [2.24, 2.45) is 0 Å². The molecule has 1 aliphatic rings. The number of carbonyl (C=O) groups excluding carboxylic acids is 1. The summed E-state index contributed by atoms with van der Waals surface area (Å²) in [6, 6.07) is 0. The number of nitrogens with one attached hydrogen (secondary N) is 1. The lowest BCUT2D eigenvalue weighted by Crippen LogP contribution is -2.07. The van der Waals surface area contributed by atoms with E-state index in [1.807, 2.05) is 17.7 Å². The van der Waals surface area contributed by atoms with Crippen molar-refractivity contribution in [3.63, 3.8) is 0 Å². The molecule has 2 aromatic rings. The Labute approximate surface area is 119 Å². The summed E-state index contributed by atoms with van der Waals surface area (Å²) in [6.45, 7) is 1.94. The van der Waals surface area contributed by atoms with Crippen molar-refractivity contribution >= 4 is 39.8 Å². The molecule has 1 N–H and O–H groups in total. The van der Waals surface area contributed by atoms with Gasteiger partial charge in [0.25, 0.3) is 0 Å². The normalized spacial score (nSPS) is 15.0. The van der Waals surface area contributed by atoms with E-state index in [9.17, 15) is 4.79 Å². The van der Waals surface area contributed by atoms with Crippen LogP contribution in [0.4, 0.5) is 5.13 Å². The fourth-order valence-corrected chi connectivity index (χ4v) is 3.05. The summed E-state index contributed by atoms with van der Waals surface area (Å²) in [6.07, 6.45) is 5.65. The summed E-state index contributed by atoms with van der Waals surface area (Å²) in [7, 11) is 0. The number of hydrogen-bond donors (Lipinski definition) is 1. The fourth-order valence-electron chi connectivity index (χ4n) is 1.68. The van der Waals surface area contributed by atoms with Gasteiger partial charge in [-0.25, -0.2) is 9.97 Å². The Morgan fingerprint density at radius 3 is 2.89 bits per heavy atom. The molecule has 1 aliphatic carbocycles. The van der Waals surface area contributed by atoms with E-state index in [0.29, 0.717) is 11.0 Å². The number of carbonyl (C=O) groups is 1. The van der Waals surface area contributed by atoms with Gasteiger partial charge in [0.05, 0.1) is 16.4 Å². The quantitative estimate of drug-likeness (QED) is 0.878. The molecule has 3 rings (SSSR count). The third-order valence-electron chi connectivity index (χ3n) is 2.79. The van der Waals surface area contributed by atoms with Gasteiger partial charge in [0.1, 0.15) is 0 Å². The molecular formula is C13H13N3OS2. The molecule has 0 saturated heterocycles. The van der Waals surface area contributed by atoms with Crippen LogP contribution in [-0.4, -0.2) is 15.9 Å². The molecule has 1 saturated carbocycles. The minimum Gasteiger partial charge on any atom is -0.298 e. The van der Waals surface area contributed by atoms with Crippen LogP contribution in [0.2, 0.25) is 0 Å². The van der Waals surface area contributed by atoms with Crippen molar-refractivity contribution in [2.45, 2.75) is 25.7 Å². The molecule has 19 heavy (non-hydrogen) atoms. The third-order valence-corrected chi connectivity index (χ3v) is 4.36. The van der Waals surface area contributed by atoms with E-state index in [1.165, 1.54) is 30.3 Å². The van der Waals surface area contributed by atoms with Gasteiger partial charge in [-0.3, -0.25) is 10.1 Å². The minimum atomic E-state index is -0.164. The van der Waals surface area contributed by atoms with Crippen molar-refractivity contribution < 1.29 is 4.79 Å². The second kappa shape index (κ2) is 5.22. The van der Waals surface area contributed by atoms with Crippen molar-refractivity contribution in [1.82, 2.24) is 9.97 Å². The first-order chi connectivity index (χ1) is 9.20. The smallest absolute Gasteiger partial charge is 0.250 e. The molecule has 6 heteroatoms. The number of amides is 1. The largest absolute Gasteiger partial charge is 0.298 e. The topological polar surface area (TPSA) is 54.9 Å². The van der Waals surface area contributed by atoms with Gasteiger partial charge in [0.15, 0.2) is 5.13 Å². The number of rotatable bonds is 4. The van der Waals surface area contributed by atoms with Crippen LogP contribution in [0.3, 0.4) is 0 Å². The van der Waals surface area contributed by atoms with Crippen LogP contribution in [0.15, 0.2) is 16.8 Å². The van der Waals surface area contributed by atoms with Crippen LogP contribution in [0.1, 0.15) is 35.2 Å². The fraction of sp³-hybridized carbons (Fsp3) is 0.308. The zero-order valence-electron chi connectivity index (χ0n) is 10.4. The predicted molar refractivity (Wildman–Crippen MR) is 78.6 cm³/mol. The second-order valence-corrected chi connectivity index (χ2v) is 6.39. The Morgan fingerprint density at radius 2 is 2.21 bits per heavy atom. The van der Waals surface area contributed by atoms with Gasteiger partial charge in [-0.2, -0.15) is 0 Å². The van der Waals surface area contributed by atoms with Gasteiger partial charge in [-0.05, 0) is 25.8 Å². The first-order valence-electron chi connectivity index (χ1n) is 6.07. The maximum absolute atomic E-state index is 11.7. The molecule has 0 aromatic carbocycles. The molecule has 0 aliphatic heterocycles. The van der Waals surface area contributed by atoms with E-state index < -0.39 is 0 Å². The zero-order valence-corrected chi connectivity index (χ0v) is 12.1. The average molecular weight is 291 g/mol. The lowest BCUT2D eigenvalue weighted by Gasteiger charge is -1.95. The molecule has 4 nitrogen and oxygen atoms in total. The molecule has 1 fully saturated rings. The highest BCUT2D eigenvalue weighted by Crippen LogP contribution is 2.40. The maximum atomic E-state index is 11.7. The second-order valence-electron chi connectivity index (χ2n) is 4.47. The highest BCUT2D eigenvalue weighted by atomic mass is 32.1. The van der Waals surface area contributed by atoms with Crippen LogP contribution in [-0.2, 0) is 4.79 Å². The van der Waals surface area contributed by atoms with E-state index in [2.05, 4.69) is 15.3 Å². The molecule has 0 atom stereocenters. The Balaban J connectivity index is 1.59. The summed E-state index contributed by atoms with van der Waals surface area (Å²) in [4.78, 5) is 20.4. The summed E-state index contributed by atoms with van der Waals surface area (Å²) in [5, 5.41) is 8.40. The molecule has 2 aromatic heterocycles. The Morgan fingerprint density at radius 1 is 1.37 bits per heavy atom.